The summed E-state index contributed by atoms with van der Waals surface area (Å²) in [6.07, 6.45) is 1.09. The summed E-state index contributed by atoms with van der Waals surface area (Å²) in [5.74, 6) is 0.920. The quantitative estimate of drug-likeness (QED) is 0.857. The summed E-state index contributed by atoms with van der Waals surface area (Å²) >= 11 is 7.58. The first-order valence-electron chi connectivity index (χ1n) is 5.92. The predicted octanol–water partition coefficient (Wildman–Crippen LogP) is 4.71. The van der Waals surface area contributed by atoms with E-state index in [1.54, 1.807) is 11.8 Å². The third kappa shape index (κ3) is 3.93. The van der Waals surface area contributed by atoms with E-state index in [2.05, 4.69) is 17.2 Å². The van der Waals surface area contributed by atoms with Crippen molar-refractivity contribution in [1.82, 2.24) is 4.98 Å². The molecule has 0 radical (unpaired) electrons. The van der Waals surface area contributed by atoms with Crippen LogP contribution in [-0.2, 0) is 0 Å². The van der Waals surface area contributed by atoms with Gasteiger partial charge in [0, 0.05) is 16.5 Å². The first kappa shape index (κ1) is 13.2. The highest BCUT2D eigenvalue weighted by molar-refractivity contribution is 7.99. The van der Waals surface area contributed by atoms with Crippen LogP contribution in [0, 0.1) is 0 Å². The van der Waals surface area contributed by atoms with E-state index in [0.29, 0.717) is 0 Å². The van der Waals surface area contributed by atoms with Gasteiger partial charge in [-0.25, -0.2) is 4.98 Å². The standard InChI is InChI=1S/C14H15ClN2S/c1-2-9-16-13-7-4-8-14(17-13)18-12-6-3-5-11(15)10-12/h3-8,10H,2,9H2,1H3,(H,16,17). The van der Waals surface area contributed by atoms with Gasteiger partial charge in [0.2, 0.25) is 0 Å². The molecule has 0 unspecified atom stereocenters. The van der Waals surface area contributed by atoms with Crippen molar-refractivity contribution in [3.8, 4) is 0 Å². The van der Waals surface area contributed by atoms with Gasteiger partial charge in [0.15, 0.2) is 0 Å². The molecule has 0 aliphatic rings. The SMILES string of the molecule is CCCNc1cccc(Sc2cccc(Cl)c2)n1. The summed E-state index contributed by atoms with van der Waals surface area (Å²) in [6, 6.07) is 13.8. The van der Waals surface area contributed by atoms with Gasteiger partial charge < -0.3 is 5.32 Å². The lowest BCUT2D eigenvalue weighted by molar-refractivity contribution is 0.960. The predicted molar refractivity (Wildman–Crippen MR) is 78.6 cm³/mol. The molecule has 0 amide bonds. The normalized spacial score (nSPS) is 10.3. The molecular weight excluding hydrogens is 264 g/mol. The fourth-order valence-electron chi connectivity index (χ4n) is 1.47. The minimum Gasteiger partial charge on any atom is -0.370 e. The van der Waals surface area contributed by atoms with Crippen LogP contribution in [0.3, 0.4) is 0 Å². The second-order valence-electron chi connectivity index (χ2n) is 3.85. The van der Waals surface area contributed by atoms with Crippen molar-refractivity contribution in [3.05, 3.63) is 47.5 Å². The van der Waals surface area contributed by atoms with Crippen molar-refractivity contribution in [3.63, 3.8) is 0 Å². The number of hydrogen-bond donors (Lipinski definition) is 1. The van der Waals surface area contributed by atoms with Crippen LogP contribution in [-0.4, -0.2) is 11.5 Å². The fourth-order valence-corrected chi connectivity index (χ4v) is 2.59. The van der Waals surface area contributed by atoms with E-state index in [1.165, 1.54) is 0 Å². The van der Waals surface area contributed by atoms with E-state index in [1.807, 2.05) is 42.5 Å². The molecule has 0 aliphatic carbocycles. The Morgan fingerprint density at radius 2 is 2.06 bits per heavy atom. The summed E-state index contributed by atoms with van der Waals surface area (Å²) < 4.78 is 0. The van der Waals surface area contributed by atoms with Gasteiger partial charge in [-0.1, -0.05) is 42.4 Å². The number of aromatic nitrogens is 1. The Morgan fingerprint density at radius 1 is 1.22 bits per heavy atom. The number of rotatable bonds is 5. The molecular formula is C14H15ClN2S. The van der Waals surface area contributed by atoms with Crippen LogP contribution in [0.25, 0.3) is 0 Å². The van der Waals surface area contributed by atoms with Gasteiger partial charge >= 0.3 is 0 Å². The van der Waals surface area contributed by atoms with E-state index in [0.717, 1.165) is 33.7 Å². The zero-order valence-electron chi connectivity index (χ0n) is 10.2. The number of nitrogens with zero attached hydrogens (tertiary/aromatic N) is 1. The van der Waals surface area contributed by atoms with Gasteiger partial charge in [0.1, 0.15) is 10.8 Å². The van der Waals surface area contributed by atoms with Crippen LogP contribution in [0.1, 0.15) is 13.3 Å². The molecule has 2 nitrogen and oxygen atoms in total. The number of benzene rings is 1. The van der Waals surface area contributed by atoms with Gasteiger partial charge in [0.25, 0.3) is 0 Å². The number of nitrogens with one attached hydrogen (secondary N) is 1. The third-order valence-electron chi connectivity index (χ3n) is 2.30. The van der Waals surface area contributed by atoms with Crippen LogP contribution in [0.5, 0.6) is 0 Å². The van der Waals surface area contributed by atoms with E-state index in [-0.39, 0.29) is 0 Å². The van der Waals surface area contributed by atoms with Crippen LogP contribution in [0.2, 0.25) is 5.02 Å². The van der Waals surface area contributed by atoms with Gasteiger partial charge in [-0.3, -0.25) is 0 Å². The molecule has 0 saturated carbocycles. The minimum absolute atomic E-state index is 0.750. The van der Waals surface area contributed by atoms with Crippen LogP contribution < -0.4 is 5.32 Å². The fraction of sp³-hybridized carbons (Fsp3) is 0.214. The van der Waals surface area contributed by atoms with E-state index < -0.39 is 0 Å². The molecule has 1 aromatic carbocycles. The summed E-state index contributed by atoms with van der Waals surface area (Å²) in [5.41, 5.74) is 0. The number of hydrogen-bond acceptors (Lipinski definition) is 3. The van der Waals surface area contributed by atoms with Gasteiger partial charge in [-0.05, 0) is 36.8 Å². The molecule has 4 heteroatoms. The van der Waals surface area contributed by atoms with Gasteiger partial charge in [0.05, 0.1) is 0 Å². The molecule has 0 bridgehead atoms. The largest absolute Gasteiger partial charge is 0.370 e. The monoisotopic (exact) mass is 278 g/mol. The summed E-state index contributed by atoms with van der Waals surface area (Å²) in [4.78, 5) is 5.64. The van der Waals surface area contributed by atoms with Crippen molar-refractivity contribution in [2.75, 3.05) is 11.9 Å². The molecule has 94 valence electrons. The molecule has 18 heavy (non-hydrogen) atoms. The molecule has 1 heterocycles. The molecule has 0 atom stereocenters. The Hall–Kier alpha value is -1.19. The number of halogens is 1. The molecule has 0 saturated heterocycles. The Bertz CT molecular complexity index is 517. The Kier molecular flexibility index (Phi) is 4.90. The lowest BCUT2D eigenvalue weighted by Gasteiger charge is -2.06. The first-order chi connectivity index (χ1) is 8.78. The maximum Gasteiger partial charge on any atom is 0.127 e. The lowest BCUT2D eigenvalue weighted by Crippen LogP contribution is -2.01. The van der Waals surface area contributed by atoms with Gasteiger partial charge in [-0.15, -0.1) is 0 Å². The maximum absolute atomic E-state index is 5.96. The zero-order valence-corrected chi connectivity index (χ0v) is 11.8. The second kappa shape index (κ2) is 6.66. The highest BCUT2D eigenvalue weighted by Crippen LogP contribution is 2.28. The molecule has 2 rings (SSSR count). The smallest absolute Gasteiger partial charge is 0.127 e. The molecule has 0 fully saturated rings. The maximum atomic E-state index is 5.96. The molecule has 2 aromatic rings. The first-order valence-corrected chi connectivity index (χ1v) is 7.11. The van der Waals surface area contributed by atoms with Crippen molar-refractivity contribution in [1.29, 1.82) is 0 Å². The lowest BCUT2D eigenvalue weighted by atomic mass is 10.4. The van der Waals surface area contributed by atoms with Crippen LogP contribution in [0.4, 0.5) is 5.82 Å². The second-order valence-corrected chi connectivity index (χ2v) is 5.38. The Balaban J connectivity index is 2.09. The molecule has 1 N–H and O–H groups in total. The van der Waals surface area contributed by atoms with Crippen molar-refractivity contribution >= 4 is 29.2 Å². The highest BCUT2D eigenvalue weighted by atomic mass is 35.5. The summed E-state index contributed by atoms with van der Waals surface area (Å²) in [5, 5.41) is 5.00. The summed E-state index contributed by atoms with van der Waals surface area (Å²) in [6.45, 7) is 3.08. The number of pyridine rings is 1. The van der Waals surface area contributed by atoms with E-state index in [4.69, 9.17) is 11.6 Å². The van der Waals surface area contributed by atoms with Crippen molar-refractivity contribution in [2.24, 2.45) is 0 Å². The number of anilines is 1. The Labute approximate surface area is 117 Å². The Morgan fingerprint density at radius 3 is 2.83 bits per heavy atom. The van der Waals surface area contributed by atoms with Crippen LogP contribution >= 0.6 is 23.4 Å². The van der Waals surface area contributed by atoms with Crippen molar-refractivity contribution < 1.29 is 0 Å². The third-order valence-corrected chi connectivity index (χ3v) is 3.46. The minimum atomic E-state index is 0.750. The van der Waals surface area contributed by atoms with E-state index >= 15 is 0 Å². The molecule has 0 spiro atoms. The molecule has 1 aromatic heterocycles. The van der Waals surface area contributed by atoms with Crippen LogP contribution in [0.15, 0.2) is 52.4 Å². The van der Waals surface area contributed by atoms with Crippen molar-refractivity contribution in [2.45, 2.75) is 23.3 Å². The average Bonchev–Trinajstić information content (AvgIpc) is 2.37. The van der Waals surface area contributed by atoms with Gasteiger partial charge in [-0.2, -0.15) is 0 Å². The zero-order chi connectivity index (χ0) is 12.8. The molecule has 0 aliphatic heterocycles. The topological polar surface area (TPSA) is 24.9 Å². The van der Waals surface area contributed by atoms with E-state index in [9.17, 15) is 0 Å². The average molecular weight is 279 g/mol. The summed E-state index contributed by atoms with van der Waals surface area (Å²) in [7, 11) is 0. The highest BCUT2D eigenvalue weighted by Gasteiger charge is 2.01.